The summed E-state index contributed by atoms with van der Waals surface area (Å²) in [5, 5.41) is 13.8. The van der Waals surface area contributed by atoms with Crippen LogP contribution < -0.4 is 15.0 Å². The minimum absolute atomic E-state index is 0.0531. The van der Waals surface area contributed by atoms with Gasteiger partial charge in [-0.25, -0.2) is 0 Å². The molecule has 0 aliphatic heterocycles. The van der Waals surface area contributed by atoms with Crippen LogP contribution >= 0.6 is 0 Å². The highest BCUT2D eigenvalue weighted by Crippen LogP contribution is 2.30. The van der Waals surface area contributed by atoms with Crippen molar-refractivity contribution in [3.05, 3.63) is 89.0 Å². The lowest BCUT2D eigenvalue weighted by atomic mass is 10.2. The lowest BCUT2D eigenvalue weighted by Crippen LogP contribution is -2.22. The molecule has 3 aromatic carbocycles. The number of carbonyl (C=O) groups excluding carboxylic acids is 1. The normalized spacial score (nSPS) is 10.2. The van der Waals surface area contributed by atoms with Gasteiger partial charge in [0.05, 0.1) is 16.3 Å². The molecule has 0 radical (unpaired) electrons. The van der Waals surface area contributed by atoms with Gasteiger partial charge in [0, 0.05) is 18.8 Å². The van der Waals surface area contributed by atoms with E-state index in [9.17, 15) is 14.9 Å². The SMILES string of the molecule is CN(c1ccccc1)c1ccccc1NC(=O)COc1ccccc1[N+](=O)[O-]. The second-order valence-electron chi connectivity index (χ2n) is 5.97. The predicted molar refractivity (Wildman–Crippen MR) is 108 cm³/mol. The number of hydrogen-bond donors (Lipinski definition) is 1. The lowest BCUT2D eigenvalue weighted by molar-refractivity contribution is -0.385. The van der Waals surface area contributed by atoms with Gasteiger partial charge in [-0.05, 0) is 30.3 Å². The molecule has 0 aromatic heterocycles. The summed E-state index contributed by atoms with van der Waals surface area (Å²) in [5.74, 6) is -0.357. The predicted octanol–water partition coefficient (Wildman–Crippen LogP) is 4.38. The third-order valence-corrected chi connectivity index (χ3v) is 4.10. The fourth-order valence-corrected chi connectivity index (χ4v) is 2.72. The van der Waals surface area contributed by atoms with Gasteiger partial charge in [-0.1, -0.05) is 42.5 Å². The zero-order chi connectivity index (χ0) is 19.9. The Kier molecular flexibility index (Phi) is 5.86. The monoisotopic (exact) mass is 377 g/mol. The molecule has 7 heteroatoms. The van der Waals surface area contributed by atoms with E-state index in [0.29, 0.717) is 5.69 Å². The highest BCUT2D eigenvalue weighted by Gasteiger charge is 2.16. The smallest absolute Gasteiger partial charge is 0.310 e. The number of nitrogens with one attached hydrogen (secondary N) is 1. The summed E-state index contributed by atoms with van der Waals surface area (Å²) in [6.07, 6.45) is 0. The van der Waals surface area contributed by atoms with Crippen molar-refractivity contribution >= 4 is 28.7 Å². The van der Waals surface area contributed by atoms with Crippen LogP contribution in [0.25, 0.3) is 0 Å². The van der Waals surface area contributed by atoms with Gasteiger partial charge in [0.25, 0.3) is 5.91 Å². The van der Waals surface area contributed by atoms with Gasteiger partial charge >= 0.3 is 5.69 Å². The zero-order valence-electron chi connectivity index (χ0n) is 15.2. The molecule has 0 saturated carbocycles. The van der Waals surface area contributed by atoms with E-state index in [2.05, 4.69) is 5.32 Å². The maximum Gasteiger partial charge on any atom is 0.310 e. The first-order chi connectivity index (χ1) is 13.6. The van der Waals surface area contributed by atoms with Crippen molar-refractivity contribution in [1.82, 2.24) is 0 Å². The Hall–Kier alpha value is -3.87. The molecule has 1 N–H and O–H groups in total. The molecule has 1 amide bonds. The summed E-state index contributed by atoms with van der Waals surface area (Å²) >= 11 is 0. The van der Waals surface area contributed by atoms with Crippen LogP contribution in [0.2, 0.25) is 0 Å². The number of nitro groups is 1. The Morgan fingerprint density at radius 2 is 1.64 bits per heavy atom. The van der Waals surface area contributed by atoms with Crippen molar-refractivity contribution in [2.75, 3.05) is 23.9 Å². The highest BCUT2D eigenvalue weighted by atomic mass is 16.6. The number of para-hydroxylation sites is 5. The fourth-order valence-electron chi connectivity index (χ4n) is 2.72. The van der Waals surface area contributed by atoms with Crippen LogP contribution in [0.3, 0.4) is 0 Å². The Balaban J connectivity index is 1.71. The molecule has 3 aromatic rings. The fraction of sp³-hybridized carbons (Fsp3) is 0.0952. The maximum absolute atomic E-state index is 12.4. The lowest BCUT2D eigenvalue weighted by Gasteiger charge is -2.22. The van der Waals surface area contributed by atoms with E-state index >= 15 is 0 Å². The van der Waals surface area contributed by atoms with Crippen LogP contribution in [0, 0.1) is 10.1 Å². The molecule has 3 rings (SSSR count). The summed E-state index contributed by atoms with van der Waals surface area (Å²) in [7, 11) is 1.91. The third kappa shape index (κ3) is 4.45. The van der Waals surface area contributed by atoms with E-state index in [1.807, 2.05) is 60.5 Å². The molecule has 0 bridgehead atoms. The minimum Gasteiger partial charge on any atom is -0.477 e. The highest BCUT2D eigenvalue weighted by molar-refractivity contribution is 5.96. The number of hydrogen-bond acceptors (Lipinski definition) is 5. The van der Waals surface area contributed by atoms with Crippen molar-refractivity contribution in [2.24, 2.45) is 0 Å². The summed E-state index contributed by atoms with van der Waals surface area (Å²) < 4.78 is 5.35. The van der Waals surface area contributed by atoms with E-state index in [1.54, 1.807) is 18.2 Å². The first-order valence-corrected chi connectivity index (χ1v) is 8.60. The first kappa shape index (κ1) is 18.9. The number of ether oxygens (including phenoxy) is 1. The molecule has 0 saturated heterocycles. The topological polar surface area (TPSA) is 84.7 Å². The number of carbonyl (C=O) groups is 1. The number of benzene rings is 3. The molecule has 28 heavy (non-hydrogen) atoms. The Morgan fingerprint density at radius 1 is 1.00 bits per heavy atom. The van der Waals surface area contributed by atoms with Crippen LogP contribution in [0.5, 0.6) is 5.75 Å². The maximum atomic E-state index is 12.4. The second-order valence-corrected chi connectivity index (χ2v) is 5.97. The quantitative estimate of drug-likeness (QED) is 0.488. The van der Waals surface area contributed by atoms with E-state index in [-0.39, 0.29) is 18.0 Å². The van der Waals surface area contributed by atoms with Gasteiger partial charge in [0.1, 0.15) is 0 Å². The van der Waals surface area contributed by atoms with Crippen LogP contribution in [0.1, 0.15) is 0 Å². The molecule has 142 valence electrons. The molecule has 0 heterocycles. The second kappa shape index (κ2) is 8.68. The average molecular weight is 377 g/mol. The van der Waals surface area contributed by atoms with Gasteiger partial charge in [-0.2, -0.15) is 0 Å². The number of rotatable bonds is 7. The van der Waals surface area contributed by atoms with E-state index in [0.717, 1.165) is 11.4 Å². The number of nitro benzene ring substituents is 1. The molecular formula is C21H19N3O4. The zero-order valence-corrected chi connectivity index (χ0v) is 15.2. The largest absolute Gasteiger partial charge is 0.477 e. The van der Waals surface area contributed by atoms with Gasteiger partial charge in [0.2, 0.25) is 0 Å². The number of anilines is 3. The van der Waals surface area contributed by atoms with E-state index in [4.69, 9.17) is 4.74 Å². The van der Waals surface area contributed by atoms with Crippen LogP contribution in [-0.4, -0.2) is 24.5 Å². The van der Waals surface area contributed by atoms with Gasteiger partial charge < -0.3 is 15.0 Å². The van der Waals surface area contributed by atoms with Crippen LogP contribution in [0.15, 0.2) is 78.9 Å². The van der Waals surface area contributed by atoms with Crippen molar-refractivity contribution in [2.45, 2.75) is 0 Å². The standard InChI is InChI=1S/C21H19N3O4/c1-23(16-9-3-2-4-10-16)18-12-6-5-11-17(18)22-21(25)15-28-20-14-8-7-13-19(20)24(26)27/h2-14H,15H2,1H3,(H,22,25). The molecule has 7 nitrogen and oxygen atoms in total. The Morgan fingerprint density at radius 3 is 2.39 bits per heavy atom. The molecule has 0 spiro atoms. The van der Waals surface area contributed by atoms with Crippen LogP contribution in [0.4, 0.5) is 22.7 Å². The van der Waals surface area contributed by atoms with Crippen molar-refractivity contribution in [1.29, 1.82) is 0 Å². The number of nitrogens with zero attached hydrogens (tertiary/aromatic N) is 2. The van der Waals surface area contributed by atoms with Gasteiger partial charge in [0.15, 0.2) is 12.4 Å². The Bertz CT molecular complexity index is 976. The van der Waals surface area contributed by atoms with E-state index in [1.165, 1.54) is 12.1 Å². The van der Waals surface area contributed by atoms with E-state index < -0.39 is 10.8 Å². The summed E-state index contributed by atoms with van der Waals surface area (Å²) in [6, 6.07) is 23.1. The number of amides is 1. The average Bonchev–Trinajstić information content (AvgIpc) is 2.73. The Labute approximate surface area is 162 Å². The van der Waals surface area contributed by atoms with Gasteiger partial charge in [-0.15, -0.1) is 0 Å². The molecule has 0 unspecified atom stereocenters. The summed E-state index contributed by atoms with van der Waals surface area (Å²) in [6.45, 7) is -0.339. The van der Waals surface area contributed by atoms with Crippen molar-refractivity contribution in [3.8, 4) is 5.75 Å². The van der Waals surface area contributed by atoms with Gasteiger partial charge in [-0.3, -0.25) is 14.9 Å². The molecule has 0 aliphatic rings. The van der Waals surface area contributed by atoms with Crippen molar-refractivity contribution in [3.63, 3.8) is 0 Å². The van der Waals surface area contributed by atoms with Crippen LogP contribution in [-0.2, 0) is 4.79 Å². The third-order valence-electron chi connectivity index (χ3n) is 4.10. The first-order valence-electron chi connectivity index (χ1n) is 8.60. The van der Waals surface area contributed by atoms with Crippen molar-refractivity contribution < 1.29 is 14.5 Å². The molecule has 0 atom stereocenters. The molecular weight excluding hydrogens is 358 g/mol. The summed E-state index contributed by atoms with van der Waals surface area (Å²) in [4.78, 5) is 24.8. The summed E-state index contributed by atoms with van der Waals surface area (Å²) in [5.41, 5.74) is 2.22. The molecule has 0 fully saturated rings. The molecule has 0 aliphatic carbocycles. The minimum atomic E-state index is -0.544.